The Kier molecular flexibility index (Phi) is 6.14. The second kappa shape index (κ2) is 7.49. The van der Waals surface area contributed by atoms with Crippen LogP contribution in [0.5, 0.6) is 0 Å². The van der Waals surface area contributed by atoms with Crippen molar-refractivity contribution in [3.05, 3.63) is 12.3 Å². The van der Waals surface area contributed by atoms with Gasteiger partial charge in [0.05, 0.1) is 0 Å². The molecule has 0 spiro atoms. The summed E-state index contributed by atoms with van der Waals surface area (Å²) < 4.78 is 0. The standard InChI is InChI=1S/C13H24N2/c1-3-5-8-13(9-6-4-2)15-11-7-10-14-12-15/h7,10-11,13H,3-6,8-9,12H2,1-2H3. The van der Waals surface area contributed by atoms with Crippen molar-refractivity contribution in [3.8, 4) is 0 Å². The van der Waals surface area contributed by atoms with E-state index in [9.17, 15) is 0 Å². The molecule has 2 nitrogen and oxygen atoms in total. The van der Waals surface area contributed by atoms with E-state index < -0.39 is 0 Å². The third-order valence-corrected chi connectivity index (χ3v) is 2.96. The summed E-state index contributed by atoms with van der Waals surface area (Å²) in [6.07, 6.45) is 14.0. The number of rotatable bonds is 7. The van der Waals surface area contributed by atoms with Crippen LogP contribution in [0.25, 0.3) is 0 Å². The maximum atomic E-state index is 4.31. The summed E-state index contributed by atoms with van der Waals surface area (Å²) in [5.41, 5.74) is 0. The summed E-state index contributed by atoms with van der Waals surface area (Å²) in [4.78, 5) is 6.70. The van der Waals surface area contributed by atoms with Gasteiger partial charge in [-0.1, -0.05) is 39.5 Å². The summed E-state index contributed by atoms with van der Waals surface area (Å²) >= 11 is 0. The Morgan fingerprint density at radius 2 is 1.87 bits per heavy atom. The van der Waals surface area contributed by atoms with Gasteiger partial charge in [0.1, 0.15) is 6.67 Å². The lowest BCUT2D eigenvalue weighted by atomic mass is 10.0. The summed E-state index contributed by atoms with van der Waals surface area (Å²) in [5.74, 6) is 0. The minimum Gasteiger partial charge on any atom is -0.355 e. The van der Waals surface area contributed by atoms with E-state index >= 15 is 0 Å². The van der Waals surface area contributed by atoms with E-state index in [2.05, 4.69) is 29.9 Å². The van der Waals surface area contributed by atoms with Gasteiger partial charge < -0.3 is 4.90 Å². The zero-order valence-corrected chi connectivity index (χ0v) is 10.2. The van der Waals surface area contributed by atoms with E-state index in [1.165, 1.54) is 38.5 Å². The Labute approximate surface area is 94.1 Å². The van der Waals surface area contributed by atoms with E-state index in [0.29, 0.717) is 6.04 Å². The first-order chi connectivity index (χ1) is 7.38. The fourth-order valence-corrected chi connectivity index (χ4v) is 1.99. The van der Waals surface area contributed by atoms with E-state index in [1.54, 1.807) is 0 Å². The van der Waals surface area contributed by atoms with Crippen molar-refractivity contribution in [3.63, 3.8) is 0 Å². The van der Waals surface area contributed by atoms with Crippen LogP contribution >= 0.6 is 0 Å². The largest absolute Gasteiger partial charge is 0.355 e. The smallest absolute Gasteiger partial charge is 0.110 e. The lowest BCUT2D eigenvalue weighted by molar-refractivity contribution is 0.245. The minimum atomic E-state index is 0.707. The van der Waals surface area contributed by atoms with Crippen LogP contribution in [-0.2, 0) is 0 Å². The van der Waals surface area contributed by atoms with Crippen LogP contribution in [0.2, 0.25) is 0 Å². The van der Waals surface area contributed by atoms with Gasteiger partial charge in [-0.25, -0.2) is 0 Å². The molecule has 0 N–H and O–H groups in total. The van der Waals surface area contributed by atoms with Crippen molar-refractivity contribution in [2.45, 2.75) is 58.4 Å². The van der Waals surface area contributed by atoms with Crippen molar-refractivity contribution in [2.24, 2.45) is 4.99 Å². The minimum absolute atomic E-state index is 0.707. The monoisotopic (exact) mass is 208 g/mol. The molecule has 0 radical (unpaired) electrons. The number of unbranched alkanes of at least 4 members (excludes halogenated alkanes) is 2. The molecule has 2 heteroatoms. The predicted octanol–water partition coefficient (Wildman–Crippen LogP) is 3.59. The van der Waals surface area contributed by atoms with Gasteiger partial charge in [0, 0.05) is 18.5 Å². The molecule has 0 atom stereocenters. The van der Waals surface area contributed by atoms with Gasteiger partial charge >= 0.3 is 0 Å². The number of aliphatic imine (C=N–C) groups is 1. The molecular formula is C13H24N2. The zero-order valence-electron chi connectivity index (χ0n) is 10.2. The Morgan fingerprint density at radius 1 is 1.20 bits per heavy atom. The van der Waals surface area contributed by atoms with Gasteiger partial charge in [-0.05, 0) is 18.9 Å². The van der Waals surface area contributed by atoms with Crippen LogP contribution in [0.15, 0.2) is 17.3 Å². The van der Waals surface area contributed by atoms with Crippen LogP contribution in [0.4, 0.5) is 0 Å². The molecule has 1 aliphatic rings. The fourth-order valence-electron chi connectivity index (χ4n) is 1.99. The maximum absolute atomic E-state index is 4.31. The maximum Gasteiger partial charge on any atom is 0.110 e. The summed E-state index contributed by atoms with van der Waals surface area (Å²) in [6, 6.07) is 0.707. The predicted molar refractivity (Wildman–Crippen MR) is 67.2 cm³/mol. The van der Waals surface area contributed by atoms with Gasteiger partial charge in [-0.2, -0.15) is 0 Å². The lowest BCUT2D eigenvalue weighted by Crippen LogP contribution is -2.32. The topological polar surface area (TPSA) is 15.6 Å². The number of hydrogen-bond donors (Lipinski definition) is 0. The number of nitrogens with zero attached hydrogens (tertiary/aromatic N) is 2. The quantitative estimate of drug-likeness (QED) is 0.624. The van der Waals surface area contributed by atoms with Crippen molar-refractivity contribution >= 4 is 6.21 Å². The second-order valence-electron chi connectivity index (χ2n) is 4.27. The molecule has 86 valence electrons. The Hall–Kier alpha value is -0.790. The molecule has 0 fully saturated rings. The van der Waals surface area contributed by atoms with Crippen LogP contribution in [0.3, 0.4) is 0 Å². The highest BCUT2D eigenvalue weighted by Gasteiger charge is 2.14. The Morgan fingerprint density at radius 3 is 2.33 bits per heavy atom. The number of allylic oxidation sites excluding steroid dienone is 1. The summed E-state index contributed by atoms with van der Waals surface area (Å²) in [5, 5.41) is 0. The van der Waals surface area contributed by atoms with Crippen LogP contribution < -0.4 is 0 Å². The van der Waals surface area contributed by atoms with Crippen molar-refractivity contribution < 1.29 is 0 Å². The third-order valence-electron chi connectivity index (χ3n) is 2.96. The number of hydrogen-bond acceptors (Lipinski definition) is 2. The fraction of sp³-hybridized carbons (Fsp3) is 0.769. The molecule has 0 saturated carbocycles. The van der Waals surface area contributed by atoms with Crippen LogP contribution in [-0.4, -0.2) is 23.8 Å². The molecule has 0 bridgehead atoms. The highest BCUT2D eigenvalue weighted by molar-refractivity contribution is 5.71. The zero-order chi connectivity index (χ0) is 10.9. The molecule has 0 aromatic heterocycles. The molecule has 0 aromatic carbocycles. The molecular weight excluding hydrogens is 184 g/mol. The van der Waals surface area contributed by atoms with Gasteiger partial charge in [0.25, 0.3) is 0 Å². The molecule has 0 aliphatic carbocycles. The molecule has 0 aromatic rings. The van der Waals surface area contributed by atoms with Crippen molar-refractivity contribution in [2.75, 3.05) is 6.67 Å². The highest BCUT2D eigenvalue weighted by atomic mass is 15.2. The van der Waals surface area contributed by atoms with E-state index in [1.807, 2.05) is 12.3 Å². The molecule has 1 aliphatic heterocycles. The molecule has 0 unspecified atom stereocenters. The normalized spacial score (nSPS) is 15.3. The van der Waals surface area contributed by atoms with Crippen molar-refractivity contribution in [1.82, 2.24) is 4.90 Å². The first-order valence-corrected chi connectivity index (χ1v) is 6.30. The van der Waals surface area contributed by atoms with E-state index in [4.69, 9.17) is 0 Å². The van der Waals surface area contributed by atoms with Crippen LogP contribution in [0, 0.1) is 0 Å². The summed E-state index contributed by atoms with van der Waals surface area (Å²) in [7, 11) is 0. The first-order valence-electron chi connectivity index (χ1n) is 6.30. The van der Waals surface area contributed by atoms with Gasteiger partial charge in [0.2, 0.25) is 0 Å². The second-order valence-corrected chi connectivity index (χ2v) is 4.27. The average Bonchev–Trinajstić information content (AvgIpc) is 2.30. The molecule has 0 amide bonds. The molecule has 15 heavy (non-hydrogen) atoms. The van der Waals surface area contributed by atoms with E-state index in [-0.39, 0.29) is 0 Å². The van der Waals surface area contributed by atoms with Crippen LogP contribution in [0.1, 0.15) is 52.4 Å². The average molecular weight is 208 g/mol. The first kappa shape index (κ1) is 12.3. The van der Waals surface area contributed by atoms with Gasteiger partial charge in [-0.15, -0.1) is 0 Å². The molecule has 1 rings (SSSR count). The van der Waals surface area contributed by atoms with Crippen molar-refractivity contribution in [1.29, 1.82) is 0 Å². The third kappa shape index (κ3) is 4.50. The highest BCUT2D eigenvalue weighted by Crippen LogP contribution is 2.17. The summed E-state index contributed by atoms with van der Waals surface area (Å²) in [6.45, 7) is 5.39. The lowest BCUT2D eigenvalue weighted by Gasteiger charge is -2.30. The molecule has 0 saturated heterocycles. The Balaban J connectivity index is 2.39. The Bertz CT molecular complexity index is 201. The van der Waals surface area contributed by atoms with Gasteiger partial charge in [0.15, 0.2) is 0 Å². The van der Waals surface area contributed by atoms with Gasteiger partial charge in [-0.3, -0.25) is 4.99 Å². The SMILES string of the molecule is CCCCC(CCCC)N1C=CC=NC1. The molecule has 1 heterocycles. The van der Waals surface area contributed by atoms with E-state index in [0.717, 1.165) is 6.67 Å².